The van der Waals surface area contributed by atoms with Crippen molar-refractivity contribution >= 4 is 25.2 Å². The SMILES string of the molecule is CC1(C)OB(c2cc(B3OC(C)(C)C(C)(C)O3)cc(-c3nc(-c4ccccc4)cc(-c4ccccc4)n3)c2)OC1(C)C. The van der Waals surface area contributed by atoms with Crippen molar-refractivity contribution in [2.24, 2.45) is 0 Å². The zero-order valence-corrected chi connectivity index (χ0v) is 25.8. The molecule has 2 fully saturated rings. The second kappa shape index (κ2) is 10.2. The normalized spacial score (nSPS) is 20.2. The molecule has 6 rings (SSSR count). The highest BCUT2D eigenvalue weighted by Gasteiger charge is 2.54. The van der Waals surface area contributed by atoms with Crippen LogP contribution in [-0.4, -0.2) is 46.6 Å². The van der Waals surface area contributed by atoms with E-state index in [0.29, 0.717) is 5.82 Å². The van der Waals surface area contributed by atoms with Gasteiger partial charge in [-0.2, -0.15) is 0 Å². The van der Waals surface area contributed by atoms with Gasteiger partial charge in [0.1, 0.15) is 0 Å². The Morgan fingerprint density at radius 1 is 0.452 bits per heavy atom. The Morgan fingerprint density at radius 3 is 1.17 bits per heavy atom. The van der Waals surface area contributed by atoms with Crippen LogP contribution < -0.4 is 10.9 Å². The lowest BCUT2D eigenvalue weighted by atomic mass is 9.71. The van der Waals surface area contributed by atoms with Crippen LogP contribution >= 0.6 is 0 Å². The summed E-state index contributed by atoms with van der Waals surface area (Å²) in [6.07, 6.45) is 0. The van der Waals surface area contributed by atoms with Crippen molar-refractivity contribution in [1.82, 2.24) is 9.97 Å². The summed E-state index contributed by atoms with van der Waals surface area (Å²) in [6, 6.07) is 28.6. The predicted molar refractivity (Wildman–Crippen MR) is 170 cm³/mol. The van der Waals surface area contributed by atoms with E-state index in [1.807, 2.05) is 42.5 Å². The molecule has 1 aromatic heterocycles. The molecule has 2 aliphatic heterocycles. The molecule has 0 bridgehead atoms. The molecule has 2 saturated heterocycles. The van der Waals surface area contributed by atoms with Gasteiger partial charge < -0.3 is 18.6 Å². The van der Waals surface area contributed by atoms with Crippen LogP contribution in [0.15, 0.2) is 84.9 Å². The maximum absolute atomic E-state index is 6.48. The van der Waals surface area contributed by atoms with E-state index < -0.39 is 36.6 Å². The van der Waals surface area contributed by atoms with Crippen LogP contribution in [0, 0.1) is 0 Å². The van der Waals surface area contributed by atoms with Gasteiger partial charge in [-0.1, -0.05) is 78.9 Å². The molecule has 8 heteroatoms. The molecule has 0 N–H and O–H groups in total. The molecule has 0 unspecified atom stereocenters. The molecule has 0 spiro atoms. The van der Waals surface area contributed by atoms with Gasteiger partial charge in [-0.3, -0.25) is 0 Å². The minimum Gasteiger partial charge on any atom is -0.399 e. The predicted octanol–water partition coefficient (Wildman–Crippen LogP) is 6.08. The van der Waals surface area contributed by atoms with Crippen LogP contribution in [0.1, 0.15) is 55.4 Å². The van der Waals surface area contributed by atoms with Crippen molar-refractivity contribution in [3.8, 4) is 33.9 Å². The van der Waals surface area contributed by atoms with Gasteiger partial charge >= 0.3 is 14.2 Å². The minimum absolute atomic E-state index is 0.484. The number of aromatic nitrogens is 2. The van der Waals surface area contributed by atoms with Crippen molar-refractivity contribution in [3.63, 3.8) is 0 Å². The Labute approximate surface area is 250 Å². The lowest BCUT2D eigenvalue weighted by Crippen LogP contribution is -2.41. The Morgan fingerprint density at radius 2 is 0.810 bits per heavy atom. The zero-order valence-electron chi connectivity index (χ0n) is 25.8. The molecule has 0 saturated carbocycles. The fraction of sp³-hybridized carbons (Fsp3) is 0.353. The standard InChI is InChI=1S/C34H38B2N2O4/c1-31(2)32(3,4)40-35(39-31)26-19-25(20-27(21-26)36-41-33(5,6)34(7,8)42-36)30-37-28(23-15-11-9-12-16-23)22-29(38-30)24-17-13-10-14-18-24/h9-22H,1-8H3. The number of benzene rings is 3. The summed E-state index contributed by atoms with van der Waals surface area (Å²) in [5.41, 5.74) is 4.36. The molecule has 0 radical (unpaired) electrons. The maximum Gasteiger partial charge on any atom is 0.494 e. The maximum atomic E-state index is 6.48. The number of rotatable bonds is 5. The minimum atomic E-state index is -0.568. The van der Waals surface area contributed by atoms with E-state index in [1.165, 1.54) is 0 Å². The molecule has 3 heterocycles. The molecule has 0 amide bonds. The Hall–Kier alpha value is -3.29. The summed E-state index contributed by atoms with van der Waals surface area (Å²) in [6.45, 7) is 16.5. The molecule has 0 aliphatic carbocycles. The largest absolute Gasteiger partial charge is 0.494 e. The average Bonchev–Trinajstić information content (AvgIpc) is 3.33. The van der Waals surface area contributed by atoms with Gasteiger partial charge in [-0.05, 0) is 72.4 Å². The smallest absolute Gasteiger partial charge is 0.399 e. The summed E-state index contributed by atoms with van der Waals surface area (Å²) in [4.78, 5) is 10.1. The Balaban J connectivity index is 1.52. The van der Waals surface area contributed by atoms with E-state index in [2.05, 4.69) is 97.9 Å². The molecule has 4 aromatic rings. The fourth-order valence-electron chi connectivity index (χ4n) is 5.13. The van der Waals surface area contributed by atoms with Gasteiger partial charge in [-0.15, -0.1) is 0 Å². The Bertz CT molecular complexity index is 1460. The van der Waals surface area contributed by atoms with E-state index in [-0.39, 0.29) is 0 Å². The summed E-state index contributed by atoms with van der Waals surface area (Å²) < 4.78 is 25.9. The molecule has 2 aliphatic rings. The van der Waals surface area contributed by atoms with Gasteiger partial charge in [-0.25, -0.2) is 9.97 Å². The number of hydrogen-bond acceptors (Lipinski definition) is 6. The second-order valence-corrected chi connectivity index (χ2v) is 13.3. The van der Waals surface area contributed by atoms with Crippen molar-refractivity contribution in [1.29, 1.82) is 0 Å². The highest BCUT2D eigenvalue weighted by molar-refractivity contribution is 6.66. The second-order valence-electron chi connectivity index (χ2n) is 13.3. The van der Waals surface area contributed by atoms with E-state index in [9.17, 15) is 0 Å². The van der Waals surface area contributed by atoms with Gasteiger partial charge in [0.15, 0.2) is 5.82 Å². The highest BCUT2D eigenvalue weighted by atomic mass is 16.7. The molecular weight excluding hydrogens is 522 g/mol. The lowest BCUT2D eigenvalue weighted by Gasteiger charge is -2.32. The van der Waals surface area contributed by atoms with E-state index in [0.717, 1.165) is 39.0 Å². The van der Waals surface area contributed by atoms with Crippen LogP contribution in [0.2, 0.25) is 0 Å². The first-order valence-corrected chi connectivity index (χ1v) is 14.6. The fourth-order valence-corrected chi connectivity index (χ4v) is 5.13. The summed E-state index contributed by atoms with van der Waals surface area (Å²) in [7, 11) is -1.14. The van der Waals surface area contributed by atoms with Crippen molar-refractivity contribution < 1.29 is 18.6 Å². The quantitative estimate of drug-likeness (QED) is 0.276. The molecular formula is C34H38B2N2O4. The Kier molecular flexibility index (Phi) is 6.97. The molecule has 6 nitrogen and oxygen atoms in total. The lowest BCUT2D eigenvalue weighted by molar-refractivity contribution is 0.00578. The van der Waals surface area contributed by atoms with E-state index in [1.54, 1.807) is 0 Å². The first-order valence-electron chi connectivity index (χ1n) is 14.6. The third-order valence-electron chi connectivity index (χ3n) is 9.15. The van der Waals surface area contributed by atoms with Gasteiger partial charge in [0, 0.05) is 16.7 Å². The molecule has 0 atom stereocenters. The number of nitrogens with zero attached hydrogens (tertiary/aromatic N) is 2. The summed E-state index contributed by atoms with van der Waals surface area (Å²) in [5, 5.41) is 0. The van der Waals surface area contributed by atoms with Crippen molar-refractivity contribution in [2.75, 3.05) is 0 Å². The molecule has 3 aromatic carbocycles. The third-order valence-corrected chi connectivity index (χ3v) is 9.15. The van der Waals surface area contributed by atoms with Crippen molar-refractivity contribution in [3.05, 3.63) is 84.9 Å². The van der Waals surface area contributed by atoms with E-state index in [4.69, 9.17) is 28.6 Å². The van der Waals surface area contributed by atoms with Gasteiger partial charge in [0.25, 0.3) is 0 Å². The van der Waals surface area contributed by atoms with E-state index >= 15 is 0 Å². The van der Waals surface area contributed by atoms with Crippen molar-refractivity contribution in [2.45, 2.75) is 77.8 Å². The first-order chi connectivity index (χ1) is 19.7. The zero-order chi connectivity index (χ0) is 29.9. The van der Waals surface area contributed by atoms with Crippen LogP contribution in [0.3, 0.4) is 0 Å². The van der Waals surface area contributed by atoms with Crippen LogP contribution in [0.25, 0.3) is 33.9 Å². The van der Waals surface area contributed by atoms with Crippen LogP contribution in [0.5, 0.6) is 0 Å². The topological polar surface area (TPSA) is 62.7 Å². The monoisotopic (exact) mass is 560 g/mol. The van der Waals surface area contributed by atoms with Crippen LogP contribution in [-0.2, 0) is 18.6 Å². The van der Waals surface area contributed by atoms with Gasteiger partial charge in [0.2, 0.25) is 0 Å². The first kappa shape index (κ1) is 28.8. The number of hydrogen-bond donors (Lipinski definition) is 0. The highest BCUT2D eigenvalue weighted by Crippen LogP contribution is 2.38. The molecule has 214 valence electrons. The van der Waals surface area contributed by atoms with Crippen LogP contribution in [0.4, 0.5) is 0 Å². The van der Waals surface area contributed by atoms with Gasteiger partial charge in [0.05, 0.1) is 33.8 Å². The third kappa shape index (κ3) is 5.22. The average molecular weight is 560 g/mol. The summed E-state index contributed by atoms with van der Waals surface area (Å²) in [5.74, 6) is 0.603. The summed E-state index contributed by atoms with van der Waals surface area (Å²) >= 11 is 0. The molecule has 42 heavy (non-hydrogen) atoms.